The van der Waals surface area contributed by atoms with Gasteiger partial charge in [-0.3, -0.25) is 5.10 Å². The molecule has 3 aromatic heterocycles. The molecular formula is C25H17F7N4. The van der Waals surface area contributed by atoms with Gasteiger partial charge in [0.1, 0.15) is 11.6 Å². The van der Waals surface area contributed by atoms with Crippen LogP contribution in [0.1, 0.15) is 31.0 Å². The van der Waals surface area contributed by atoms with Gasteiger partial charge in [-0.05, 0) is 53.4 Å². The summed E-state index contributed by atoms with van der Waals surface area (Å²) in [6.45, 7) is 3.73. The lowest BCUT2D eigenvalue weighted by molar-refractivity contribution is -0.290. The maximum atomic E-state index is 15.5. The molecule has 186 valence electrons. The zero-order valence-corrected chi connectivity index (χ0v) is 18.8. The van der Waals surface area contributed by atoms with E-state index in [1.807, 2.05) is 13.8 Å². The topological polar surface area (TPSA) is 46.0 Å². The Morgan fingerprint density at radius 3 is 2.33 bits per heavy atom. The lowest BCUT2D eigenvalue weighted by atomic mass is 9.95. The van der Waals surface area contributed by atoms with Gasteiger partial charge in [0.25, 0.3) is 0 Å². The van der Waals surface area contributed by atoms with E-state index in [9.17, 15) is 26.3 Å². The van der Waals surface area contributed by atoms with Crippen molar-refractivity contribution in [3.63, 3.8) is 0 Å². The van der Waals surface area contributed by atoms with E-state index in [-0.39, 0.29) is 28.0 Å². The van der Waals surface area contributed by atoms with Crippen LogP contribution in [0.25, 0.3) is 38.7 Å². The third-order valence-electron chi connectivity index (χ3n) is 6.03. The highest BCUT2D eigenvalue weighted by Crippen LogP contribution is 2.46. The number of nitrogens with zero attached hydrogens (tertiary/aromatic N) is 3. The Bertz CT molecular complexity index is 1610. The fourth-order valence-corrected chi connectivity index (χ4v) is 4.20. The molecule has 0 atom stereocenters. The molecule has 0 aliphatic rings. The standard InChI is InChI=1S/C25H17F7N4/c1-12(2)23-21(15-4-6-19-16(22(15)27)11-33-34-19)20-10-14(7-8-36(20)35-23)13-3-5-18(26)17(9-13)24(28,29)25(30,31)32/h3-12H,1-2H3,(H,33,34). The van der Waals surface area contributed by atoms with Gasteiger partial charge in [0, 0.05) is 17.3 Å². The van der Waals surface area contributed by atoms with Crippen molar-refractivity contribution < 1.29 is 30.7 Å². The van der Waals surface area contributed by atoms with Gasteiger partial charge in [0.2, 0.25) is 0 Å². The molecule has 0 fully saturated rings. The van der Waals surface area contributed by atoms with Crippen LogP contribution in [0.4, 0.5) is 30.7 Å². The number of fused-ring (bicyclic) bond motifs is 2. The van der Waals surface area contributed by atoms with Crippen molar-refractivity contribution >= 4 is 16.4 Å². The van der Waals surface area contributed by atoms with E-state index in [1.54, 1.807) is 12.1 Å². The first-order chi connectivity index (χ1) is 16.9. The molecule has 0 unspecified atom stereocenters. The summed E-state index contributed by atoms with van der Waals surface area (Å²) in [4.78, 5) is 0. The van der Waals surface area contributed by atoms with Crippen LogP contribution >= 0.6 is 0 Å². The Balaban J connectivity index is 1.73. The molecule has 0 saturated carbocycles. The van der Waals surface area contributed by atoms with Crippen molar-refractivity contribution in [3.05, 3.63) is 77.8 Å². The Kier molecular flexibility index (Phi) is 5.34. The van der Waals surface area contributed by atoms with Gasteiger partial charge in [-0.1, -0.05) is 19.9 Å². The third-order valence-corrected chi connectivity index (χ3v) is 6.03. The second-order valence-electron chi connectivity index (χ2n) is 8.69. The Morgan fingerprint density at radius 2 is 1.64 bits per heavy atom. The molecule has 0 aliphatic carbocycles. The molecule has 0 spiro atoms. The Hall–Kier alpha value is -3.89. The number of aromatic amines is 1. The molecule has 5 aromatic rings. The van der Waals surface area contributed by atoms with Gasteiger partial charge in [0.15, 0.2) is 0 Å². The number of hydrogen-bond acceptors (Lipinski definition) is 2. The molecule has 2 aromatic carbocycles. The van der Waals surface area contributed by atoms with Gasteiger partial charge in [-0.2, -0.15) is 32.1 Å². The van der Waals surface area contributed by atoms with Crippen molar-refractivity contribution in [1.82, 2.24) is 19.8 Å². The minimum absolute atomic E-state index is 0.0677. The molecule has 5 rings (SSSR count). The fourth-order valence-electron chi connectivity index (χ4n) is 4.20. The fraction of sp³-hybridized carbons (Fsp3) is 0.200. The number of halogens is 7. The number of benzene rings is 2. The highest BCUT2D eigenvalue weighted by Gasteiger charge is 2.60. The summed E-state index contributed by atoms with van der Waals surface area (Å²) in [5.41, 5.74) is 0.483. The zero-order valence-electron chi connectivity index (χ0n) is 18.8. The van der Waals surface area contributed by atoms with E-state index in [1.165, 1.54) is 29.0 Å². The van der Waals surface area contributed by atoms with Crippen LogP contribution in [-0.4, -0.2) is 26.0 Å². The lowest BCUT2D eigenvalue weighted by Crippen LogP contribution is -2.34. The predicted molar refractivity (Wildman–Crippen MR) is 120 cm³/mol. The maximum Gasteiger partial charge on any atom is 0.458 e. The van der Waals surface area contributed by atoms with Crippen LogP contribution in [0.3, 0.4) is 0 Å². The molecule has 4 nitrogen and oxygen atoms in total. The highest BCUT2D eigenvalue weighted by molar-refractivity contribution is 5.92. The van der Waals surface area contributed by atoms with Gasteiger partial charge in [0.05, 0.1) is 33.9 Å². The zero-order chi connectivity index (χ0) is 26.0. The largest absolute Gasteiger partial charge is 0.458 e. The van der Waals surface area contributed by atoms with Crippen molar-refractivity contribution in [3.8, 4) is 22.3 Å². The smallest absolute Gasteiger partial charge is 0.278 e. The Morgan fingerprint density at radius 1 is 0.917 bits per heavy atom. The SMILES string of the molecule is CC(C)c1nn2ccc(-c3ccc(F)c(C(F)(F)C(F)(F)F)c3)cc2c1-c1ccc2[nH]ncc2c1F. The monoisotopic (exact) mass is 506 g/mol. The first kappa shape index (κ1) is 23.8. The predicted octanol–water partition coefficient (Wildman–Crippen LogP) is 7.60. The van der Waals surface area contributed by atoms with Crippen LogP contribution in [0.2, 0.25) is 0 Å². The molecule has 3 heterocycles. The second-order valence-corrected chi connectivity index (χ2v) is 8.69. The number of pyridine rings is 1. The normalized spacial score (nSPS) is 12.8. The average Bonchev–Trinajstić information content (AvgIpc) is 3.44. The van der Waals surface area contributed by atoms with E-state index in [0.717, 1.165) is 6.07 Å². The molecule has 11 heteroatoms. The first-order valence-electron chi connectivity index (χ1n) is 10.8. The summed E-state index contributed by atoms with van der Waals surface area (Å²) in [6.07, 6.45) is -3.13. The van der Waals surface area contributed by atoms with Crippen molar-refractivity contribution in [2.75, 3.05) is 0 Å². The van der Waals surface area contributed by atoms with Gasteiger partial charge in [-0.15, -0.1) is 0 Å². The molecule has 0 radical (unpaired) electrons. The van der Waals surface area contributed by atoms with Crippen molar-refractivity contribution in [1.29, 1.82) is 0 Å². The van der Waals surface area contributed by atoms with Crippen LogP contribution in [0.5, 0.6) is 0 Å². The van der Waals surface area contributed by atoms with Crippen LogP contribution in [-0.2, 0) is 5.92 Å². The van der Waals surface area contributed by atoms with Crippen LogP contribution in [0.15, 0.2) is 54.9 Å². The van der Waals surface area contributed by atoms with Crippen LogP contribution in [0, 0.1) is 11.6 Å². The highest BCUT2D eigenvalue weighted by atomic mass is 19.4. The number of nitrogens with one attached hydrogen (secondary N) is 1. The summed E-state index contributed by atoms with van der Waals surface area (Å²) in [5.74, 6) is -7.74. The summed E-state index contributed by atoms with van der Waals surface area (Å²) < 4.78 is 97.7. The number of aromatic nitrogens is 4. The summed E-state index contributed by atoms with van der Waals surface area (Å²) >= 11 is 0. The molecule has 1 N–H and O–H groups in total. The molecule has 0 bridgehead atoms. The molecule has 36 heavy (non-hydrogen) atoms. The van der Waals surface area contributed by atoms with E-state index < -0.39 is 29.3 Å². The molecule has 0 aliphatic heterocycles. The number of rotatable bonds is 4. The van der Waals surface area contributed by atoms with E-state index in [4.69, 9.17) is 0 Å². The quantitative estimate of drug-likeness (QED) is 0.255. The maximum absolute atomic E-state index is 15.5. The van der Waals surface area contributed by atoms with Gasteiger partial charge >= 0.3 is 12.1 Å². The van der Waals surface area contributed by atoms with Crippen LogP contribution < -0.4 is 0 Å². The second kappa shape index (κ2) is 8.07. The Labute approximate surface area is 199 Å². The summed E-state index contributed by atoms with van der Waals surface area (Å²) in [5, 5.41) is 11.3. The van der Waals surface area contributed by atoms with Gasteiger partial charge < -0.3 is 0 Å². The number of H-pyrrole nitrogens is 1. The molecule has 0 saturated heterocycles. The van der Waals surface area contributed by atoms with Gasteiger partial charge in [-0.25, -0.2) is 13.3 Å². The summed E-state index contributed by atoms with van der Waals surface area (Å²) in [6, 6.07) is 8.32. The van der Waals surface area contributed by atoms with Crippen molar-refractivity contribution in [2.45, 2.75) is 31.9 Å². The third kappa shape index (κ3) is 3.61. The van der Waals surface area contributed by atoms with E-state index in [2.05, 4.69) is 15.3 Å². The summed E-state index contributed by atoms with van der Waals surface area (Å²) in [7, 11) is 0. The lowest BCUT2D eigenvalue weighted by Gasteiger charge is -2.21. The number of hydrogen-bond donors (Lipinski definition) is 1. The first-order valence-corrected chi connectivity index (χ1v) is 10.8. The van der Waals surface area contributed by atoms with Crippen molar-refractivity contribution in [2.24, 2.45) is 0 Å². The molecular weight excluding hydrogens is 489 g/mol. The minimum Gasteiger partial charge on any atom is -0.278 e. The molecule has 0 amide bonds. The average molecular weight is 506 g/mol. The van der Waals surface area contributed by atoms with E-state index in [0.29, 0.717) is 34.4 Å². The number of alkyl halides is 5. The minimum atomic E-state index is -5.97. The van der Waals surface area contributed by atoms with E-state index >= 15 is 4.39 Å².